The Kier molecular flexibility index (Phi) is 4.17. The molecule has 0 unspecified atom stereocenters. The van der Waals surface area contributed by atoms with Crippen LogP contribution in [0.1, 0.15) is 32.2 Å². The highest BCUT2D eigenvalue weighted by molar-refractivity contribution is 5.75. The molecule has 2 aromatic heterocycles. The van der Waals surface area contributed by atoms with Gasteiger partial charge in [0.25, 0.3) is 0 Å². The fourth-order valence-electron chi connectivity index (χ4n) is 2.64. The van der Waals surface area contributed by atoms with Gasteiger partial charge in [0.2, 0.25) is 5.88 Å². The zero-order valence-electron chi connectivity index (χ0n) is 14.5. The summed E-state index contributed by atoms with van der Waals surface area (Å²) in [6, 6.07) is 3.68. The number of carbonyl (C=O) groups is 1. The number of fused-ring (bicyclic) bond motifs is 1. The van der Waals surface area contributed by atoms with Gasteiger partial charge in [0, 0.05) is 36.3 Å². The number of pyridine rings is 1. The number of hydrogen-bond donors (Lipinski definition) is 2. The highest BCUT2D eigenvalue weighted by atomic mass is 16.5. The van der Waals surface area contributed by atoms with Gasteiger partial charge in [-0.3, -0.25) is 0 Å². The molecule has 3 rings (SSSR count). The molecular formula is C17H23N5O2. The van der Waals surface area contributed by atoms with Crippen LogP contribution < -0.4 is 10.1 Å². The maximum absolute atomic E-state index is 12.3. The fourth-order valence-corrected chi connectivity index (χ4v) is 2.64. The lowest BCUT2D eigenvalue weighted by atomic mass is 10.1. The van der Waals surface area contributed by atoms with E-state index in [0.717, 1.165) is 29.2 Å². The summed E-state index contributed by atoms with van der Waals surface area (Å²) in [5.74, 6) is 1.34. The van der Waals surface area contributed by atoms with Crippen LogP contribution in [0.15, 0.2) is 18.3 Å². The monoisotopic (exact) mass is 329 g/mol. The minimum atomic E-state index is -0.245. The summed E-state index contributed by atoms with van der Waals surface area (Å²) in [5.41, 5.74) is 2.65. The van der Waals surface area contributed by atoms with E-state index < -0.39 is 0 Å². The Morgan fingerprint density at radius 2 is 2.17 bits per heavy atom. The molecule has 0 aliphatic carbocycles. The molecule has 0 atom stereocenters. The number of H-pyrrole nitrogens is 1. The average Bonchev–Trinajstić information content (AvgIpc) is 2.96. The van der Waals surface area contributed by atoms with Crippen molar-refractivity contribution in [2.24, 2.45) is 0 Å². The van der Waals surface area contributed by atoms with E-state index in [0.29, 0.717) is 19.0 Å². The van der Waals surface area contributed by atoms with Crippen molar-refractivity contribution in [2.75, 3.05) is 13.7 Å². The third-order valence-electron chi connectivity index (χ3n) is 3.82. The first kappa shape index (κ1) is 16.3. The number of aromatic amines is 1. The Hall–Kier alpha value is -2.57. The molecule has 1 aliphatic rings. The molecule has 0 bridgehead atoms. The summed E-state index contributed by atoms with van der Waals surface area (Å²) in [6.07, 6.45) is 2.47. The first-order valence-corrected chi connectivity index (χ1v) is 8.01. The quantitative estimate of drug-likeness (QED) is 0.886. The second kappa shape index (κ2) is 6.14. The van der Waals surface area contributed by atoms with Crippen molar-refractivity contribution >= 4 is 6.03 Å². The number of methoxy groups -OCH3 is 1. The Morgan fingerprint density at radius 1 is 1.38 bits per heavy atom. The smallest absolute Gasteiger partial charge is 0.318 e. The van der Waals surface area contributed by atoms with Crippen molar-refractivity contribution in [1.29, 1.82) is 0 Å². The van der Waals surface area contributed by atoms with Crippen molar-refractivity contribution in [1.82, 2.24) is 25.2 Å². The van der Waals surface area contributed by atoms with Crippen LogP contribution in [0, 0.1) is 0 Å². The van der Waals surface area contributed by atoms with E-state index in [-0.39, 0.29) is 11.6 Å². The fraction of sp³-hybridized carbons (Fsp3) is 0.471. The summed E-state index contributed by atoms with van der Waals surface area (Å²) in [7, 11) is 1.59. The molecule has 0 radical (unpaired) electrons. The van der Waals surface area contributed by atoms with E-state index in [2.05, 4.69) is 20.3 Å². The van der Waals surface area contributed by atoms with Gasteiger partial charge >= 0.3 is 6.03 Å². The molecule has 7 heteroatoms. The van der Waals surface area contributed by atoms with Crippen LogP contribution >= 0.6 is 0 Å². The van der Waals surface area contributed by atoms with Gasteiger partial charge in [-0.25, -0.2) is 14.8 Å². The lowest BCUT2D eigenvalue weighted by Crippen LogP contribution is -2.49. The third kappa shape index (κ3) is 3.50. The first-order chi connectivity index (χ1) is 11.4. The van der Waals surface area contributed by atoms with E-state index in [9.17, 15) is 4.79 Å². The van der Waals surface area contributed by atoms with Gasteiger partial charge in [-0.15, -0.1) is 0 Å². The number of urea groups is 1. The molecular weight excluding hydrogens is 306 g/mol. The van der Waals surface area contributed by atoms with Crippen molar-refractivity contribution in [3.63, 3.8) is 0 Å². The lowest BCUT2D eigenvalue weighted by molar-refractivity contribution is 0.182. The summed E-state index contributed by atoms with van der Waals surface area (Å²) in [4.78, 5) is 26.3. The number of carbonyl (C=O) groups excluding carboxylic acids is 1. The number of hydrogen-bond acceptors (Lipinski definition) is 4. The van der Waals surface area contributed by atoms with Gasteiger partial charge in [-0.2, -0.15) is 0 Å². The van der Waals surface area contributed by atoms with Crippen molar-refractivity contribution < 1.29 is 9.53 Å². The maximum Gasteiger partial charge on any atom is 0.318 e. The first-order valence-electron chi connectivity index (χ1n) is 8.01. The Balaban J connectivity index is 1.75. The van der Waals surface area contributed by atoms with Gasteiger partial charge in [0.1, 0.15) is 5.82 Å². The van der Waals surface area contributed by atoms with Crippen molar-refractivity contribution in [3.8, 4) is 17.3 Å². The van der Waals surface area contributed by atoms with E-state index in [4.69, 9.17) is 4.74 Å². The normalized spacial score (nSPS) is 14.2. The topological polar surface area (TPSA) is 83.1 Å². The summed E-state index contributed by atoms with van der Waals surface area (Å²) in [5, 5.41) is 3.00. The van der Waals surface area contributed by atoms with Crippen LogP contribution in [-0.2, 0) is 13.0 Å². The maximum atomic E-state index is 12.3. The van der Waals surface area contributed by atoms with Gasteiger partial charge in [-0.05, 0) is 26.8 Å². The summed E-state index contributed by atoms with van der Waals surface area (Å²) >= 11 is 0. The number of rotatable bonds is 2. The number of ether oxygens (including phenoxy) is 1. The zero-order valence-corrected chi connectivity index (χ0v) is 14.5. The number of imidazole rings is 1. The Bertz CT molecular complexity index is 730. The zero-order chi connectivity index (χ0) is 17.3. The lowest BCUT2D eigenvalue weighted by Gasteiger charge is -2.30. The second-order valence-electron chi connectivity index (χ2n) is 6.95. The van der Waals surface area contributed by atoms with Crippen LogP contribution in [0.4, 0.5) is 4.79 Å². The number of aromatic nitrogens is 3. The SMILES string of the molecule is COc1ccc(-c2nc3c([nH]2)CN(C(=O)NC(C)(C)C)CC3)cn1. The van der Waals surface area contributed by atoms with Gasteiger partial charge in [0.05, 0.1) is 25.0 Å². The predicted octanol–water partition coefficient (Wildman–Crippen LogP) is 2.35. The highest BCUT2D eigenvalue weighted by Gasteiger charge is 2.26. The minimum absolute atomic E-state index is 0.0459. The standard InChI is InChI=1S/C17H23N5O2/c1-17(2,3)21-16(23)22-8-7-12-13(10-22)20-15(19-12)11-5-6-14(24-4)18-9-11/h5-6,9H,7-8,10H2,1-4H3,(H,19,20)(H,21,23). The molecule has 1 aliphatic heterocycles. The van der Waals surface area contributed by atoms with Gasteiger partial charge < -0.3 is 19.9 Å². The number of nitrogens with zero attached hydrogens (tertiary/aromatic N) is 3. The van der Waals surface area contributed by atoms with E-state index in [1.165, 1.54) is 0 Å². The van der Waals surface area contributed by atoms with E-state index >= 15 is 0 Å². The molecule has 0 fully saturated rings. The summed E-state index contributed by atoms with van der Waals surface area (Å²) < 4.78 is 5.07. The van der Waals surface area contributed by atoms with Crippen LogP contribution in [-0.4, -0.2) is 45.1 Å². The molecule has 2 N–H and O–H groups in total. The summed E-state index contributed by atoms with van der Waals surface area (Å²) in [6.45, 7) is 7.13. The second-order valence-corrected chi connectivity index (χ2v) is 6.95. The van der Waals surface area contributed by atoms with Crippen molar-refractivity contribution in [3.05, 3.63) is 29.7 Å². The minimum Gasteiger partial charge on any atom is -0.481 e. The highest BCUT2D eigenvalue weighted by Crippen LogP contribution is 2.23. The van der Waals surface area contributed by atoms with Gasteiger partial charge in [-0.1, -0.05) is 0 Å². The number of nitrogens with one attached hydrogen (secondary N) is 2. The Labute approximate surface area is 141 Å². The molecule has 3 heterocycles. The average molecular weight is 329 g/mol. The molecule has 2 aromatic rings. The van der Waals surface area contributed by atoms with Crippen LogP contribution in [0.2, 0.25) is 0 Å². The van der Waals surface area contributed by atoms with Crippen LogP contribution in [0.25, 0.3) is 11.4 Å². The molecule has 0 aromatic carbocycles. The van der Waals surface area contributed by atoms with Crippen molar-refractivity contribution in [2.45, 2.75) is 39.3 Å². The third-order valence-corrected chi connectivity index (χ3v) is 3.82. The number of amides is 2. The van der Waals surface area contributed by atoms with E-state index in [1.54, 1.807) is 19.4 Å². The van der Waals surface area contributed by atoms with Crippen LogP contribution in [0.3, 0.4) is 0 Å². The molecule has 7 nitrogen and oxygen atoms in total. The van der Waals surface area contributed by atoms with E-state index in [1.807, 2.05) is 31.7 Å². The van der Waals surface area contributed by atoms with Crippen LogP contribution in [0.5, 0.6) is 5.88 Å². The largest absolute Gasteiger partial charge is 0.481 e. The molecule has 0 spiro atoms. The molecule has 0 saturated carbocycles. The molecule has 2 amide bonds. The van der Waals surface area contributed by atoms with Gasteiger partial charge in [0.15, 0.2) is 0 Å². The Morgan fingerprint density at radius 3 is 2.79 bits per heavy atom. The molecule has 128 valence electrons. The predicted molar refractivity (Wildman–Crippen MR) is 90.8 cm³/mol. The molecule has 0 saturated heterocycles. The molecule has 24 heavy (non-hydrogen) atoms.